The molecule has 0 aromatic heterocycles. The largest absolute Gasteiger partial charge is 0.376 e. The van der Waals surface area contributed by atoms with Gasteiger partial charge in [-0.25, -0.2) is 0 Å². The highest BCUT2D eigenvalue weighted by Crippen LogP contribution is 2.25. The smallest absolute Gasteiger partial charge is 0.157 e. The Balaban J connectivity index is 1.41. The van der Waals surface area contributed by atoms with Crippen LogP contribution in [0.4, 0.5) is 0 Å². The van der Waals surface area contributed by atoms with Gasteiger partial charge in [0.05, 0.1) is 25.3 Å². The van der Waals surface area contributed by atoms with E-state index in [1.54, 1.807) is 0 Å². The molecule has 2 fully saturated rings. The van der Waals surface area contributed by atoms with Crippen LogP contribution in [0.5, 0.6) is 0 Å². The van der Waals surface area contributed by atoms with E-state index in [2.05, 4.69) is 40.6 Å². The number of benzene rings is 1. The molecule has 0 amide bonds. The van der Waals surface area contributed by atoms with E-state index in [0.717, 1.165) is 24.1 Å². The second-order valence-electron chi connectivity index (χ2n) is 5.38. The third-order valence-corrected chi connectivity index (χ3v) is 4.91. The van der Waals surface area contributed by atoms with Crippen LogP contribution in [-0.4, -0.2) is 30.2 Å². The molecule has 0 bridgehead atoms. The van der Waals surface area contributed by atoms with Crippen LogP contribution in [0.3, 0.4) is 0 Å². The van der Waals surface area contributed by atoms with Crippen LogP contribution in [0.15, 0.2) is 35.3 Å². The Morgan fingerprint density at radius 3 is 2.80 bits per heavy atom. The Kier molecular flexibility index (Phi) is 4.98. The highest BCUT2D eigenvalue weighted by molar-refractivity contribution is 8.14. The van der Waals surface area contributed by atoms with Crippen LogP contribution in [0.2, 0.25) is 0 Å². The third kappa shape index (κ3) is 3.76. The lowest BCUT2D eigenvalue weighted by molar-refractivity contribution is 0.0644. The van der Waals surface area contributed by atoms with Crippen LogP contribution in [0, 0.1) is 0 Å². The fraction of sp³-hybridized carbons (Fsp3) is 0.562. The first-order valence-electron chi connectivity index (χ1n) is 7.52. The van der Waals surface area contributed by atoms with Gasteiger partial charge in [-0.05, 0) is 18.4 Å². The van der Waals surface area contributed by atoms with Crippen molar-refractivity contribution in [1.82, 2.24) is 5.32 Å². The molecule has 1 aliphatic heterocycles. The van der Waals surface area contributed by atoms with E-state index < -0.39 is 0 Å². The summed E-state index contributed by atoms with van der Waals surface area (Å²) in [6, 6.07) is 11.0. The van der Waals surface area contributed by atoms with E-state index in [-0.39, 0.29) is 0 Å². The number of thioether (sulfide) groups is 1. The maximum atomic E-state index is 5.83. The molecule has 20 heavy (non-hydrogen) atoms. The molecule has 4 heteroatoms. The van der Waals surface area contributed by atoms with Crippen molar-refractivity contribution in [3.8, 4) is 0 Å². The molecule has 0 radical (unpaired) electrons. The minimum absolute atomic E-state index is 0.399. The summed E-state index contributed by atoms with van der Waals surface area (Å²) in [5, 5.41) is 4.56. The first kappa shape index (κ1) is 14.0. The Bertz CT molecular complexity index is 443. The molecule has 1 saturated heterocycles. The Morgan fingerprint density at radius 2 is 2.00 bits per heavy atom. The molecule has 2 aliphatic rings. The van der Waals surface area contributed by atoms with Gasteiger partial charge in [0, 0.05) is 5.75 Å². The van der Waals surface area contributed by atoms with Crippen LogP contribution in [-0.2, 0) is 4.74 Å². The van der Waals surface area contributed by atoms with E-state index in [1.165, 1.54) is 31.2 Å². The Hall–Kier alpha value is -1.00. The Labute approximate surface area is 125 Å². The SMILES string of the molecule is c1ccc(C2CSC(=NCCOC3CCCC3)N2)cc1. The molecule has 1 saturated carbocycles. The monoisotopic (exact) mass is 290 g/mol. The number of rotatable bonds is 5. The third-order valence-electron chi connectivity index (χ3n) is 3.89. The average Bonchev–Trinajstić information content (AvgIpc) is 3.16. The summed E-state index contributed by atoms with van der Waals surface area (Å²) in [7, 11) is 0. The fourth-order valence-electron chi connectivity index (χ4n) is 2.77. The van der Waals surface area contributed by atoms with Gasteiger partial charge in [0.1, 0.15) is 0 Å². The molecule has 1 heterocycles. The summed E-state index contributed by atoms with van der Waals surface area (Å²) < 4.78 is 5.83. The van der Waals surface area contributed by atoms with Crippen molar-refractivity contribution in [1.29, 1.82) is 0 Å². The number of aliphatic imine (C=N–C) groups is 1. The molecule has 3 nitrogen and oxygen atoms in total. The van der Waals surface area contributed by atoms with E-state index >= 15 is 0 Å². The van der Waals surface area contributed by atoms with Crippen molar-refractivity contribution in [2.45, 2.75) is 37.8 Å². The van der Waals surface area contributed by atoms with E-state index in [4.69, 9.17) is 4.74 Å². The molecule has 0 spiro atoms. The molecule has 1 aromatic carbocycles. The van der Waals surface area contributed by atoms with Gasteiger partial charge in [0.25, 0.3) is 0 Å². The van der Waals surface area contributed by atoms with Gasteiger partial charge < -0.3 is 10.1 Å². The highest BCUT2D eigenvalue weighted by Gasteiger charge is 2.21. The summed E-state index contributed by atoms with van der Waals surface area (Å²) in [6.45, 7) is 1.53. The lowest BCUT2D eigenvalue weighted by Crippen LogP contribution is -2.20. The van der Waals surface area contributed by atoms with Gasteiger partial charge in [-0.2, -0.15) is 0 Å². The van der Waals surface area contributed by atoms with E-state index in [0.29, 0.717) is 12.1 Å². The van der Waals surface area contributed by atoms with Crippen molar-refractivity contribution in [3.05, 3.63) is 35.9 Å². The van der Waals surface area contributed by atoms with Crippen LogP contribution in [0.25, 0.3) is 0 Å². The predicted octanol–water partition coefficient (Wildman–Crippen LogP) is 3.38. The zero-order chi connectivity index (χ0) is 13.6. The quantitative estimate of drug-likeness (QED) is 0.844. The summed E-state index contributed by atoms with van der Waals surface area (Å²) in [4.78, 5) is 4.60. The molecule has 1 N–H and O–H groups in total. The zero-order valence-corrected chi connectivity index (χ0v) is 12.6. The van der Waals surface area contributed by atoms with Crippen LogP contribution in [0.1, 0.15) is 37.3 Å². The van der Waals surface area contributed by atoms with Gasteiger partial charge in [-0.1, -0.05) is 54.9 Å². The normalized spacial score (nSPS) is 25.2. The van der Waals surface area contributed by atoms with E-state index in [1.807, 2.05) is 11.8 Å². The fourth-order valence-corrected chi connectivity index (χ4v) is 3.78. The van der Waals surface area contributed by atoms with Crippen LogP contribution < -0.4 is 5.32 Å². The second-order valence-corrected chi connectivity index (χ2v) is 6.39. The number of nitrogens with one attached hydrogen (secondary N) is 1. The molecule has 1 aliphatic carbocycles. The van der Waals surface area contributed by atoms with Crippen molar-refractivity contribution in [3.63, 3.8) is 0 Å². The first-order valence-corrected chi connectivity index (χ1v) is 8.51. The Morgan fingerprint density at radius 1 is 1.20 bits per heavy atom. The van der Waals surface area contributed by atoms with Crippen molar-refractivity contribution < 1.29 is 4.74 Å². The van der Waals surface area contributed by atoms with Gasteiger partial charge >= 0.3 is 0 Å². The maximum Gasteiger partial charge on any atom is 0.157 e. The summed E-state index contributed by atoms with van der Waals surface area (Å²) in [5.41, 5.74) is 1.34. The number of ether oxygens (including phenoxy) is 1. The number of amidine groups is 1. The summed E-state index contributed by atoms with van der Waals surface area (Å²) >= 11 is 1.81. The van der Waals surface area contributed by atoms with Gasteiger partial charge in [-0.15, -0.1) is 0 Å². The highest BCUT2D eigenvalue weighted by atomic mass is 32.2. The predicted molar refractivity (Wildman–Crippen MR) is 85.3 cm³/mol. The number of hydrogen-bond donors (Lipinski definition) is 1. The second kappa shape index (κ2) is 7.14. The topological polar surface area (TPSA) is 33.6 Å². The minimum atomic E-state index is 0.399. The van der Waals surface area contributed by atoms with Crippen LogP contribution >= 0.6 is 11.8 Å². The lowest BCUT2D eigenvalue weighted by atomic mass is 10.1. The van der Waals surface area contributed by atoms with Crippen molar-refractivity contribution >= 4 is 16.9 Å². The number of nitrogens with zero attached hydrogens (tertiary/aromatic N) is 1. The minimum Gasteiger partial charge on any atom is -0.376 e. The molecular formula is C16H22N2OS. The lowest BCUT2D eigenvalue weighted by Gasteiger charge is -2.10. The molecule has 1 atom stereocenters. The van der Waals surface area contributed by atoms with Crippen molar-refractivity contribution in [2.75, 3.05) is 18.9 Å². The molecule has 3 rings (SSSR count). The van der Waals surface area contributed by atoms with Gasteiger partial charge in [0.2, 0.25) is 0 Å². The molecule has 1 unspecified atom stereocenters. The van der Waals surface area contributed by atoms with E-state index in [9.17, 15) is 0 Å². The molecule has 108 valence electrons. The molecular weight excluding hydrogens is 268 g/mol. The standard InChI is InChI=1S/C16H22N2OS/c1-2-6-13(7-3-1)15-12-20-16(18-15)17-10-11-19-14-8-4-5-9-14/h1-3,6-7,14-15H,4-5,8-12H2,(H,17,18). The zero-order valence-electron chi connectivity index (χ0n) is 11.8. The first-order chi connectivity index (χ1) is 9.92. The van der Waals surface area contributed by atoms with Gasteiger partial charge in [0.15, 0.2) is 5.17 Å². The maximum absolute atomic E-state index is 5.83. The van der Waals surface area contributed by atoms with Gasteiger partial charge in [-0.3, -0.25) is 4.99 Å². The summed E-state index contributed by atoms with van der Waals surface area (Å²) in [6.07, 6.45) is 5.63. The molecule has 1 aromatic rings. The van der Waals surface area contributed by atoms with Crippen molar-refractivity contribution in [2.24, 2.45) is 4.99 Å². The number of hydrogen-bond acceptors (Lipinski definition) is 3. The average molecular weight is 290 g/mol. The summed E-state index contributed by atoms with van der Waals surface area (Å²) in [5.74, 6) is 1.06.